The molecular weight excluding hydrogens is 436 g/mol. The Morgan fingerprint density at radius 1 is 1.22 bits per heavy atom. The van der Waals surface area contributed by atoms with Crippen molar-refractivity contribution in [1.29, 1.82) is 0 Å². The fraction of sp³-hybridized carbons (Fsp3) is 0.300. The summed E-state index contributed by atoms with van der Waals surface area (Å²) in [5, 5.41) is 13.1. The first kappa shape index (κ1) is 23.2. The van der Waals surface area contributed by atoms with Crippen LogP contribution in [0.15, 0.2) is 52.1 Å². The summed E-state index contributed by atoms with van der Waals surface area (Å²) in [7, 11) is -3.97. The summed E-state index contributed by atoms with van der Waals surface area (Å²) in [5.74, 6) is -0.597. The average molecular weight is 461 g/mol. The van der Waals surface area contributed by atoms with Crippen LogP contribution in [0, 0.1) is 13.8 Å². The molecule has 0 aliphatic heterocycles. The molecule has 0 spiro atoms. The highest BCUT2D eigenvalue weighted by atomic mass is 32.2. The number of nitrogens with zero attached hydrogens (tertiary/aromatic N) is 3. The van der Waals surface area contributed by atoms with Gasteiger partial charge in [-0.3, -0.25) is 14.3 Å². The number of hydrogen-bond donors (Lipinski definition) is 3. The van der Waals surface area contributed by atoms with Crippen LogP contribution >= 0.6 is 0 Å². The lowest BCUT2D eigenvalue weighted by atomic mass is 10.2. The van der Waals surface area contributed by atoms with Crippen molar-refractivity contribution < 1.29 is 22.5 Å². The van der Waals surface area contributed by atoms with E-state index in [1.807, 2.05) is 0 Å². The van der Waals surface area contributed by atoms with E-state index in [4.69, 9.17) is 4.52 Å². The van der Waals surface area contributed by atoms with Crippen molar-refractivity contribution in [2.24, 2.45) is 0 Å². The molecule has 0 saturated carbocycles. The number of nitrogens with one attached hydrogen (secondary N) is 3. The van der Waals surface area contributed by atoms with E-state index in [9.17, 15) is 18.0 Å². The van der Waals surface area contributed by atoms with Crippen LogP contribution in [-0.2, 0) is 32.7 Å². The molecule has 0 fully saturated rings. The summed E-state index contributed by atoms with van der Waals surface area (Å²) in [5.41, 5.74) is 1.52. The monoisotopic (exact) mass is 460 g/mol. The zero-order valence-corrected chi connectivity index (χ0v) is 18.6. The molecule has 2 heterocycles. The molecule has 0 aliphatic carbocycles. The van der Waals surface area contributed by atoms with Gasteiger partial charge in [0, 0.05) is 24.6 Å². The molecular formula is C20H24N6O5S. The van der Waals surface area contributed by atoms with Crippen molar-refractivity contribution in [3.63, 3.8) is 0 Å². The van der Waals surface area contributed by atoms with E-state index in [-0.39, 0.29) is 35.3 Å². The number of benzene rings is 1. The molecule has 1 aromatic carbocycles. The highest BCUT2D eigenvalue weighted by molar-refractivity contribution is 7.89. The lowest BCUT2D eigenvalue weighted by Gasteiger charge is -2.15. The van der Waals surface area contributed by atoms with Crippen LogP contribution in [0.1, 0.15) is 23.9 Å². The Morgan fingerprint density at radius 2 is 2.00 bits per heavy atom. The van der Waals surface area contributed by atoms with Gasteiger partial charge in [0.2, 0.25) is 21.8 Å². The maximum Gasteiger partial charge on any atom is 0.246 e. The van der Waals surface area contributed by atoms with Crippen molar-refractivity contribution in [2.75, 3.05) is 5.32 Å². The number of aryl methyl sites for hydroxylation is 2. The van der Waals surface area contributed by atoms with Gasteiger partial charge < -0.3 is 15.2 Å². The molecule has 0 radical (unpaired) electrons. The van der Waals surface area contributed by atoms with Crippen LogP contribution in [0.4, 0.5) is 5.69 Å². The number of aromatic nitrogens is 3. The number of carbonyl (C=O) groups excluding carboxylic acids is 2. The van der Waals surface area contributed by atoms with Crippen molar-refractivity contribution in [1.82, 2.24) is 25.0 Å². The number of carbonyl (C=O) groups is 2. The Labute approximate surface area is 185 Å². The molecule has 3 rings (SSSR count). The second-order valence-electron chi connectivity index (χ2n) is 7.17. The smallest absolute Gasteiger partial charge is 0.246 e. The number of rotatable bonds is 9. The van der Waals surface area contributed by atoms with Gasteiger partial charge >= 0.3 is 0 Å². The summed E-state index contributed by atoms with van der Waals surface area (Å²) < 4.78 is 33.8. The Kier molecular flexibility index (Phi) is 7.05. The van der Waals surface area contributed by atoms with Crippen LogP contribution < -0.4 is 15.4 Å². The minimum absolute atomic E-state index is 0.0734. The summed E-state index contributed by atoms with van der Waals surface area (Å²) in [6.07, 6.45) is 3.28. The van der Waals surface area contributed by atoms with Crippen molar-refractivity contribution in [2.45, 2.75) is 44.8 Å². The van der Waals surface area contributed by atoms with Crippen LogP contribution in [0.5, 0.6) is 0 Å². The first-order valence-corrected chi connectivity index (χ1v) is 11.2. The number of anilines is 1. The SMILES string of the molecule is Cc1noc(C)c1S(=O)(=O)N[C@@H](C)C(=O)NCc1cccc(NC(=O)Cn2cccn2)c1. The van der Waals surface area contributed by atoms with E-state index in [2.05, 4.69) is 25.6 Å². The normalized spacial score (nSPS) is 12.3. The van der Waals surface area contributed by atoms with Gasteiger partial charge in [-0.2, -0.15) is 9.82 Å². The topological polar surface area (TPSA) is 148 Å². The third-order valence-corrected chi connectivity index (χ3v) is 6.29. The standard InChI is InChI=1S/C20H24N6O5S/c1-13-19(15(3)31-24-13)32(29,30)25-14(2)20(28)21-11-16-6-4-7-17(10-16)23-18(27)12-26-9-5-8-22-26/h4-10,14,25H,11-12H2,1-3H3,(H,21,28)(H,23,27)/t14-/m0/s1. The molecule has 32 heavy (non-hydrogen) atoms. The number of sulfonamides is 1. The van der Waals surface area contributed by atoms with Gasteiger partial charge in [-0.25, -0.2) is 8.42 Å². The second-order valence-corrected chi connectivity index (χ2v) is 8.82. The molecule has 170 valence electrons. The minimum atomic E-state index is -3.97. The second kappa shape index (κ2) is 9.75. The van der Waals surface area contributed by atoms with E-state index in [1.165, 1.54) is 25.5 Å². The molecule has 0 bridgehead atoms. The maximum absolute atomic E-state index is 12.5. The van der Waals surface area contributed by atoms with Gasteiger partial charge in [0.25, 0.3) is 0 Å². The van der Waals surface area contributed by atoms with E-state index in [0.29, 0.717) is 5.69 Å². The van der Waals surface area contributed by atoms with Crippen molar-refractivity contribution in [3.05, 3.63) is 59.7 Å². The summed E-state index contributed by atoms with van der Waals surface area (Å²) in [6.45, 7) is 4.67. The van der Waals surface area contributed by atoms with Crippen LogP contribution in [0.3, 0.4) is 0 Å². The van der Waals surface area contributed by atoms with Gasteiger partial charge in [0.1, 0.15) is 17.1 Å². The Morgan fingerprint density at radius 3 is 2.66 bits per heavy atom. The maximum atomic E-state index is 12.5. The summed E-state index contributed by atoms with van der Waals surface area (Å²) in [6, 6.07) is 7.68. The highest BCUT2D eigenvalue weighted by Gasteiger charge is 2.28. The lowest BCUT2D eigenvalue weighted by Crippen LogP contribution is -2.44. The fourth-order valence-electron chi connectivity index (χ4n) is 3.05. The molecule has 0 aliphatic rings. The Hall–Kier alpha value is -3.51. The Balaban J connectivity index is 1.55. The van der Waals surface area contributed by atoms with E-state index in [1.54, 1.807) is 42.7 Å². The van der Waals surface area contributed by atoms with Crippen LogP contribution in [-0.4, -0.2) is 41.2 Å². The van der Waals surface area contributed by atoms with Gasteiger partial charge in [-0.1, -0.05) is 17.3 Å². The molecule has 12 heteroatoms. The Bertz CT molecular complexity index is 1180. The minimum Gasteiger partial charge on any atom is -0.360 e. The van der Waals surface area contributed by atoms with Crippen molar-refractivity contribution in [3.8, 4) is 0 Å². The van der Waals surface area contributed by atoms with E-state index in [0.717, 1.165) is 5.56 Å². The molecule has 1 atom stereocenters. The van der Waals surface area contributed by atoms with Gasteiger partial charge in [0.05, 0.1) is 6.04 Å². The van der Waals surface area contributed by atoms with E-state index >= 15 is 0 Å². The highest BCUT2D eigenvalue weighted by Crippen LogP contribution is 2.19. The first-order chi connectivity index (χ1) is 15.2. The summed E-state index contributed by atoms with van der Waals surface area (Å²) in [4.78, 5) is 24.5. The predicted octanol–water partition coefficient (Wildman–Crippen LogP) is 1.11. The quantitative estimate of drug-likeness (QED) is 0.433. The molecule has 2 amide bonds. The molecule has 0 unspecified atom stereocenters. The predicted molar refractivity (Wildman–Crippen MR) is 115 cm³/mol. The lowest BCUT2D eigenvalue weighted by molar-refractivity contribution is -0.122. The van der Waals surface area contributed by atoms with Crippen LogP contribution in [0.25, 0.3) is 0 Å². The average Bonchev–Trinajstić information content (AvgIpc) is 3.35. The zero-order chi connectivity index (χ0) is 23.3. The fourth-order valence-corrected chi connectivity index (χ4v) is 4.58. The first-order valence-electron chi connectivity index (χ1n) is 9.75. The molecule has 3 aromatic rings. The molecule has 11 nitrogen and oxygen atoms in total. The van der Waals surface area contributed by atoms with E-state index < -0.39 is 22.0 Å². The number of amides is 2. The molecule has 0 saturated heterocycles. The zero-order valence-electron chi connectivity index (χ0n) is 17.8. The third-order valence-electron chi connectivity index (χ3n) is 4.50. The number of hydrogen-bond acceptors (Lipinski definition) is 7. The summed E-state index contributed by atoms with van der Waals surface area (Å²) >= 11 is 0. The molecule has 2 aromatic heterocycles. The molecule has 3 N–H and O–H groups in total. The van der Waals surface area contributed by atoms with Gasteiger partial charge in [0.15, 0.2) is 5.76 Å². The third kappa shape index (κ3) is 5.80. The van der Waals surface area contributed by atoms with Gasteiger partial charge in [-0.15, -0.1) is 0 Å². The largest absolute Gasteiger partial charge is 0.360 e. The van der Waals surface area contributed by atoms with Crippen molar-refractivity contribution >= 4 is 27.5 Å². The van der Waals surface area contributed by atoms with Gasteiger partial charge in [-0.05, 0) is 44.5 Å². The van der Waals surface area contributed by atoms with Crippen LogP contribution in [0.2, 0.25) is 0 Å².